The molecule has 2 fully saturated rings. The number of likely N-dealkylation sites (tertiary alicyclic amines) is 1. The van der Waals surface area contributed by atoms with Crippen molar-refractivity contribution in [1.82, 2.24) is 9.47 Å². The van der Waals surface area contributed by atoms with Crippen molar-refractivity contribution >= 4 is 5.78 Å². The minimum absolute atomic E-state index is 0.0583. The molecule has 4 nitrogen and oxygen atoms in total. The highest BCUT2D eigenvalue weighted by Crippen LogP contribution is 2.32. The molecule has 21 heavy (non-hydrogen) atoms. The molecule has 1 aliphatic carbocycles. The second-order valence-electron chi connectivity index (χ2n) is 6.30. The molecule has 2 atom stereocenters. The minimum atomic E-state index is 0.0583. The zero-order valence-electron chi connectivity index (χ0n) is 12.5. The summed E-state index contributed by atoms with van der Waals surface area (Å²) >= 11 is 0. The van der Waals surface area contributed by atoms with Crippen LogP contribution in [0.4, 0.5) is 0 Å². The van der Waals surface area contributed by atoms with E-state index in [1.807, 2.05) is 12.3 Å². The van der Waals surface area contributed by atoms with Crippen LogP contribution >= 0.6 is 0 Å². The van der Waals surface area contributed by atoms with Crippen molar-refractivity contribution < 1.29 is 4.79 Å². The maximum atomic E-state index is 12.1. The molecule has 2 aliphatic rings. The van der Waals surface area contributed by atoms with Gasteiger partial charge < -0.3 is 4.57 Å². The highest BCUT2D eigenvalue weighted by atomic mass is 16.1. The fourth-order valence-electron chi connectivity index (χ4n) is 3.88. The molecule has 2 heterocycles. The summed E-state index contributed by atoms with van der Waals surface area (Å²) in [4.78, 5) is 26.3. The van der Waals surface area contributed by atoms with Crippen LogP contribution < -0.4 is 5.56 Å². The van der Waals surface area contributed by atoms with E-state index in [9.17, 15) is 9.59 Å². The van der Waals surface area contributed by atoms with Crippen molar-refractivity contribution in [1.29, 1.82) is 0 Å². The lowest BCUT2D eigenvalue weighted by Crippen LogP contribution is -2.47. The van der Waals surface area contributed by atoms with Gasteiger partial charge in [-0.1, -0.05) is 12.5 Å². The molecular formula is C17H24N2O2. The summed E-state index contributed by atoms with van der Waals surface area (Å²) in [6, 6.07) is 5.69. The number of carbonyl (C=O) groups excluding carboxylic acids is 1. The first-order chi connectivity index (χ1) is 10.3. The van der Waals surface area contributed by atoms with Gasteiger partial charge in [-0.15, -0.1) is 0 Å². The van der Waals surface area contributed by atoms with Crippen molar-refractivity contribution in [3.05, 3.63) is 34.7 Å². The van der Waals surface area contributed by atoms with E-state index >= 15 is 0 Å². The highest BCUT2D eigenvalue weighted by Gasteiger charge is 2.36. The monoisotopic (exact) mass is 288 g/mol. The summed E-state index contributed by atoms with van der Waals surface area (Å²) in [7, 11) is 0. The summed E-state index contributed by atoms with van der Waals surface area (Å²) < 4.78 is 1.77. The van der Waals surface area contributed by atoms with Gasteiger partial charge in [0, 0.05) is 43.7 Å². The number of piperidine rings is 1. The van der Waals surface area contributed by atoms with Crippen LogP contribution in [-0.2, 0) is 11.3 Å². The van der Waals surface area contributed by atoms with Crippen LogP contribution in [-0.4, -0.2) is 34.4 Å². The third kappa shape index (κ3) is 3.26. The van der Waals surface area contributed by atoms with E-state index < -0.39 is 0 Å². The van der Waals surface area contributed by atoms with Crippen molar-refractivity contribution in [3.8, 4) is 0 Å². The minimum Gasteiger partial charge on any atom is -0.314 e. The van der Waals surface area contributed by atoms with E-state index in [1.165, 1.54) is 12.8 Å². The molecule has 0 radical (unpaired) electrons. The summed E-state index contributed by atoms with van der Waals surface area (Å²) in [5.41, 5.74) is 0.0583. The molecule has 1 saturated carbocycles. The Balaban J connectivity index is 1.66. The number of nitrogens with zero attached hydrogens (tertiary/aromatic N) is 2. The number of Topliss-reactive ketones (excluding diaryl/α,β-unsaturated/α-hetero) is 1. The summed E-state index contributed by atoms with van der Waals surface area (Å²) in [5, 5.41) is 0. The molecule has 0 bridgehead atoms. The van der Waals surface area contributed by atoms with E-state index in [1.54, 1.807) is 16.7 Å². The van der Waals surface area contributed by atoms with Crippen LogP contribution in [0.5, 0.6) is 0 Å². The number of carbonyl (C=O) groups is 1. The Labute approximate surface area is 125 Å². The highest BCUT2D eigenvalue weighted by molar-refractivity contribution is 5.83. The molecule has 2 unspecified atom stereocenters. The van der Waals surface area contributed by atoms with E-state index in [-0.39, 0.29) is 11.5 Å². The zero-order chi connectivity index (χ0) is 14.7. The lowest BCUT2D eigenvalue weighted by molar-refractivity contribution is -0.123. The molecule has 1 aliphatic heterocycles. The van der Waals surface area contributed by atoms with Gasteiger partial charge in [-0.25, -0.2) is 0 Å². The van der Waals surface area contributed by atoms with Gasteiger partial charge in [0.25, 0.3) is 5.56 Å². The van der Waals surface area contributed by atoms with Gasteiger partial charge in [0.05, 0.1) is 0 Å². The van der Waals surface area contributed by atoms with Crippen LogP contribution in [0.15, 0.2) is 29.2 Å². The predicted octanol–water partition coefficient (Wildman–Crippen LogP) is 2.07. The van der Waals surface area contributed by atoms with Gasteiger partial charge in [-0.3, -0.25) is 14.5 Å². The van der Waals surface area contributed by atoms with Gasteiger partial charge in [0.1, 0.15) is 5.78 Å². The number of aromatic nitrogens is 1. The van der Waals surface area contributed by atoms with Gasteiger partial charge in [0.2, 0.25) is 0 Å². The third-order valence-corrected chi connectivity index (χ3v) is 5.01. The lowest BCUT2D eigenvalue weighted by Gasteiger charge is -2.38. The molecule has 0 N–H and O–H groups in total. The van der Waals surface area contributed by atoms with E-state index in [2.05, 4.69) is 4.90 Å². The van der Waals surface area contributed by atoms with Crippen LogP contribution in [0.25, 0.3) is 0 Å². The lowest BCUT2D eigenvalue weighted by atomic mass is 9.88. The van der Waals surface area contributed by atoms with Gasteiger partial charge in [-0.05, 0) is 38.3 Å². The van der Waals surface area contributed by atoms with Crippen molar-refractivity contribution in [2.45, 2.75) is 51.1 Å². The fraction of sp³-hybridized carbons (Fsp3) is 0.647. The van der Waals surface area contributed by atoms with Gasteiger partial charge in [-0.2, -0.15) is 0 Å². The van der Waals surface area contributed by atoms with Crippen LogP contribution in [0.2, 0.25) is 0 Å². The average molecular weight is 288 g/mol. The first-order valence-corrected chi connectivity index (χ1v) is 8.18. The third-order valence-electron chi connectivity index (χ3n) is 5.01. The Hall–Kier alpha value is -1.42. The molecule has 3 rings (SSSR count). The van der Waals surface area contributed by atoms with Crippen molar-refractivity contribution in [2.75, 3.05) is 13.1 Å². The molecule has 0 aromatic carbocycles. The normalized spacial score (nSPS) is 27.1. The van der Waals surface area contributed by atoms with Crippen LogP contribution in [0.1, 0.15) is 38.5 Å². The molecular weight excluding hydrogens is 264 g/mol. The number of pyridine rings is 1. The first kappa shape index (κ1) is 14.5. The Morgan fingerprint density at radius 3 is 2.71 bits per heavy atom. The van der Waals surface area contributed by atoms with E-state index in [4.69, 9.17) is 0 Å². The predicted molar refractivity (Wildman–Crippen MR) is 82.3 cm³/mol. The smallest absolute Gasteiger partial charge is 0.250 e. The standard InChI is InChI=1S/C17H24N2O2/c20-16-8-5-6-14(16)15-7-1-3-10-18(15)12-13-19-11-4-2-9-17(19)21/h2,4,9,11,14-15H,1,3,5-8,10,12-13H2. The van der Waals surface area contributed by atoms with Gasteiger partial charge in [0.15, 0.2) is 0 Å². The molecule has 0 amide bonds. The number of hydrogen-bond donors (Lipinski definition) is 0. The van der Waals surface area contributed by atoms with Crippen molar-refractivity contribution in [3.63, 3.8) is 0 Å². The summed E-state index contributed by atoms with van der Waals surface area (Å²) in [5.74, 6) is 0.710. The average Bonchev–Trinajstić information content (AvgIpc) is 2.93. The Kier molecular flexibility index (Phi) is 4.54. The molecule has 1 saturated heterocycles. The largest absolute Gasteiger partial charge is 0.314 e. The summed E-state index contributed by atoms with van der Waals surface area (Å²) in [6.07, 6.45) is 8.32. The maximum Gasteiger partial charge on any atom is 0.250 e. The SMILES string of the molecule is O=C1CCCC1C1CCCCN1CCn1ccccc1=O. The molecule has 1 aromatic rings. The summed E-state index contributed by atoms with van der Waals surface area (Å²) in [6.45, 7) is 2.66. The number of rotatable bonds is 4. The van der Waals surface area contributed by atoms with E-state index in [0.717, 1.165) is 45.3 Å². The zero-order valence-corrected chi connectivity index (χ0v) is 12.5. The fourth-order valence-corrected chi connectivity index (χ4v) is 3.88. The second-order valence-corrected chi connectivity index (χ2v) is 6.30. The second kappa shape index (κ2) is 6.56. The molecule has 114 valence electrons. The van der Waals surface area contributed by atoms with Gasteiger partial charge >= 0.3 is 0 Å². The van der Waals surface area contributed by atoms with E-state index in [0.29, 0.717) is 11.8 Å². The Morgan fingerprint density at radius 1 is 1.05 bits per heavy atom. The number of ketones is 1. The maximum absolute atomic E-state index is 12.1. The molecule has 0 spiro atoms. The Morgan fingerprint density at radius 2 is 1.95 bits per heavy atom. The van der Waals surface area contributed by atoms with Crippen LogP contribution in [0, 0.1) is 5.92 Å². The first-order valence-electron chi connectivity index (χ1n) is 8.18. The topological polar surface area (TPSA) is 42.3 Å². The molecule has 4 heteroatoms. The quantitative estimate of drug-likeness (QED) is 0.852. The van der Waals surface area contributed by atoms with Crippen LogP contribution in [0.3, 0.4) is 0 Å². The van der Waals surface area contributed by atoms with Crippen molar-refractivity contribution in [2.24, 2.45) is 5.92 Å². The molecule has 1 aromatic heterocycles. The Bertz CT molecular complexity index is 552. The number of hydrogen-bond acceptors (Lipinski definition) is 3.